The molecule has 0 aromatic heterocycles. The molecule has 2 N–H and O–H groups in total. The highest BCUT2D eigenvalue weighted by Crippen LogP contribution is 2.25. The fraction of sp³-hybridized carbons (Fsp3) is 0.938. The van der Waals surface area contributed by atoms with Crippen LogP contribution in [0.4, 0.5) is 0 Å². The highest BCUT2D eigenvalue weighted by molar-refractivity contribution is 5.82. The van der Waals surface area contributed by atoms with Crippen LogP contribution in [-0.2, 0) is 4.79 Å². The van der Waals surface area contributed by atoms with Crippen molar-refractivity contribution >= 4 is 5.91 Å². The molecule has 3 saturated heterocycles. The van der Waals surface area contributed by atoms with Gasteiger partial charge in [-0.15, -0.1) is 0 Å². The molecule has 0 aromatic rings. The fourth-order valence-electron chi connectivity index (χ4n) is 4.10. The van der Waals surface area contributed by atoms with Gasteiger partial charge in [0, 0.05) is 12.1 Å². The Kier molecular flexibility index (Phi) is 5.14. The Labute approximate surface area is 128 Å². The van der Waals surface area contributed by atoms with E-state index in [0.29, 0.717) is 18.0 Å². The SMILES string of the molecule is CN1CCC(NC(=O)C2CCCN2C2CCNCC2)CC1. The maximum Gasteiger partial charge on any atom is 0.237 e. The quantitative estimate of drug-likeness (QED) is 0.792. The molecule has 3 aliphatic heterocycles. The van der Waals surface area contributed by atoms with Gasteiger partial charge in [-0.1, -0.05) is 0 Å². The first kappa shape index (κ1) is 15.3. The second-order valence-electron chi connectivity index (χ2n) is 6.96. The Hall–Kier alpha value is -0.650. The van der Waals surface area contributed by atoms with Crippen molar-refractivity contribution in [3.05, 3.63) is 0 Å². The highest BCUT2D eigenvalue weighted by Gasteiger charge is 2.36. The van der Waals surface area contributed by atoms with Gasteiger partial charge in [0.25, 0.3) is 0 Å². The third-order valence-electron chi connectivity index (χ3n) is 5.44. The predicted molar refractivity (Wildman–Crippen MR) is 84.3 cm³/mol. The number of nitrogens with one attached hydrogen (secondary N) is 2. The number of amides is 1. The average Bonchev–Trinajstić information content (AvgIpc) is 3.00. The first-order chi connectivity index (χ1) is 10.2. The molecule has 1 unspecified atom stereocenters. The third-order valence-corrected chi connectivity index (χ3v) is 5.44. The van der Waals surface area contributed by atoms with E-state index in [1.165, 1.54) is 19.3 Å². The molecule has 0 radical (unpaired) electrons. The fourth-order valence-corrected chi connectivity index (χ4v) is 4.10. The maximum atomic E-state index is 12.7. The van der Waals surface area contributed by atoms with Crippen LogP contribution in [-0.4, -0.2) is 73.6 Å². The van der Waals surface area contributed by atoms with E-state index in [0.717, 1.165) is 52.0 Å². The summed E-state index contributed by atoms with van der Waals surface area (Å²) in [4.78, 5) is 17.5. The van der Waals surface area contributed by atoms with Crippen LogP contribution >= 0.6 is 0 Å². The van der Waals surface area contributed by atoms with Gasteiger partial charge in [0.2, 0.25) is 5.91 Å². The zero-order valence-electron chi connectivity index (χ0n) is 13.3. The average molecular weight is 294 g/mol. The van der Waals surface area contributed by atoms with E-state index < -0.39 is 0 Å². The van der Waals surface area contributed by atoms with Crippen LogP contribution in [0.1, 0.15) is 38.5 Å². The van der Waals surface area contributed by atoms with Crippen LogP contribution in [0.5, 0.6) is 0 Å². The summed E-state index contributed by atoms with van der Waals surface area (Å²) < 4.78 is 0. The molecule has 0 aliphatic carbocycles. The van der Waals surface area contributed by atoms with Gasteiger partial charge >= 0.3 is 0 Å². The summed E-state index contributed by atoms with van der Waals surface area (Å²) in [5.74, 6) is 0.292. The Morgan fingerprint density at radius 1 is 1.05 bits per heavy atom. The Balaban J connectivity index is 1.53. The molecule has 120 valence electrons. The van der Waals surface area contributed by atoms with Crippen molar-refractivity contribution in [3.8, 4) is 0 Å². The summed E-state index contributed by atoms with van der Waals surface area (Å²) >= 11 is 0. The molecule has 3 aliphatic rings. The Morgan fingerprint density at radius 3 is 2.48 bits per heavy atom. The van der Waals surface area contributed by atoms with Gasteiger partial charge < -0.3 is 15.5 Å². The summed E-state index contributed by atoms with van der Waals surface area (Å²) in [6.07, 6.45) is 6.80. The minimum atomic E-state index is 0.132. The van der Waals surface area contributed by atoms with E-state index in [-0.39, 0.29) is 6.04 Å². The molecule has 0 saturated carbocycles. The van der Waals surface area contributed by atoms with Gasteiger partial charge in [-0.25, -0.2) is 0 Å². The molecule has 5 nitrogen and oxygen atoms in total. The molecule has 3 rings (SSSR count). The summed E-state index contributed by atoms with van der Waals surface area (Å²) in [6.45, 7) is 5.52. The molecule has 1 amide bonds. The third kappa shape index (κ3) is 3.76. The van der Waals surface area contributed by atoms with Crippen LogP contribution in [0, 0.1) is 0 Å². The lowest BCUT2D eigenvalue weighted by molar-refractivity contribution is -0.127. The predicted octanol–water partition coefficient (Wildman–Crippen LogP) is 0.413. The van der Waals surface area contributed by atoms with E-state index in [1.54, 1.807) is 0 Å². The standard InChI is InChI=1S/C16H30N4O/c1-19-11-6-13(7-12-19)18-16(21)15-3-2-10-20(15)14-4-8-17-9-5-14/h13-15,17H,2-12H2,1H3,(H,18,21). The number of carbonyl (C=O) groups excluding carboxylic acids is 1. The first-order valence-corrected chi connectivity index (χ1v) is 8.69. The van der Waals surface area contributed by atoms with Gasteiger partial charge in [0.05, 0.1) is 6.04 Å². The summed E-state index contributed by atoms with van der Waals surface area (Å²) in [5, 5.41) is 6.75. The second-order valence-corrected chi connectivity index (χ2v) is 6.96. The van der Waals surface area contributed by atoms with E-state index in [2.05, 4.69) is 27.5 Å². The summed E-state index contributed by atoms with van der Waals surface area (Å²) in [7, 11) is 2.16. The normalized spacial score (nSPS) is 30.6. The van der Waals surface area contributed by atoms with Gasteiger partial charge in [0.1, 0.15) is 0 Å². The molecule has 3 heterocycles. The Morgan fingerprint density at radius 2 is 1.76 bits per heavy atom. The van der Waals surface area contributed by atoms with Gasteiger partial charge in [-0.05, 0) is 78.3 Å². The number of carbonyl (C=O) groups is 1. The number of nitrogens with zero attached hydrogens (tertiary/aromatic N) is 2. The van der Waals surface area contributed by atoms with Crippen LogP contribution in [0.3, 0.4) is 0 Å². The smallest absolute Gasteiger partial charge is 0.237 e. The molecule has 0 aromatic carbocycles. The molecular weight excluding hydrogens is 264 g/mol. The molecule has 5 heteroatoms. The number of piperidine rings is 2. The second kappa shape index (κ2) is 7.07. The molecule has 1 atom stereocenters. The zero-order chi connectivity index (χ0) is 14.7. The maximum absolute atomic E-state index is 12.7. The highest BCUT2D eigenvalue weighted by atomic mass is 16.2. The van der Waals surface area contributed by atoms with Crippen molar-refractivity contribution in [1.29, 1.82) is 0 Å². The lowest BCUT2D eigenvalue weighted by Crippen LogP contribution is -2.53. The molecular formula is C16H30N4O. The summed E-state index contributed by atoms with van der Waals surface area (Å²) in [5.41, 5.74) is 0. The van der Waals surface area contributed by atoms with E-state index in [4.69, 9.17) is 0 Å². The van der Waals surface area contributed by atoms with E-state index in [9.17, 15) is 4.79 Å². The lowest BCUT2D eigenvalue weighted by Gasteiger charge is -2.36. The van der Waals surface area contributed by atoms with Crippen molar-refractivity contribution in [2.24, 2.45) is 0 Å². The first-order valence-electron chi connectivity index (χ1n) is 8.69. The van der Waals surface area contributed by atoms with Crippen molar-refractivity contribution in [3.63, 3.8) is 0 Å². The summed E-state index contributed by atoms with van der Waals surface area (Å²) in [6, 6.07) is 1.14. The largest absolute Gasteiger partial charge is 0.352 e. The van der Waals surface area contributed by atoms with Crippen LogP contribution in [0.15, 0.2) is 0 Å². The minimum absolute atomic E-state index is 0.132. The van der Waals surface area contributed by atoms with E-state index >= 15 is 0 Å². The minimum Gasteiger partial charge on any atom is -0.352 e. The zero-order valence-corrected chi connectivity index (χ0v) is 13.3. The van der Waals surface area contributed by atoms with Crippen molar-refractivity contribution in [2.75, 3.05) is 39.8 Å². The van der Waals surface area contributed by atoms with Crippen molar-refractivity contribution in [1.82, 2.24) is 20.4 Å². The molecule has 0 spiro atoms. The number of hydrogen-bond donors (Lipinski definition) is 2. The Bertz CT molecular complexity index is 348. The van der Waals surface area contributed by atoms with Gasteiger partial charge in [-0.3, -0.25) is 9.69 Å². The number of rotatable bonds is 3. The topological polar surface area (TPSA) is 47.6 Å². The number of likely N-dealkylation sites (tertiary alicyclic amines) is 2. The van der Waals surface area contributed by atoms with Crippen LogP contribution in [0.2, 0.25) is 0 Å². The molecule has 21 heavy (non-hydrogen) atoms. The van der Waals surface area contributed by atoms with Crippen LogP contribution < -0.4 is 10.6 Å². The van der Waals surface area contributed by atoms with Crippen molar-refractivity contribution < 1.29 is 4.79 Å². The monoisotopic (exact) mass is 294 g/mol. The lowest BCUT2D eigenvalue weighted by atomic mass is 10.0. The van der Waals surface area contributed by atoms with E-state index in [1.807, 2.05) is 0 Å². The van der Waals surface area contributed by atoms with Gasteiger partial charge in [-0.2, -0.15) is 0 Å². The van der Waals surface area contributed by atoms with Crippen LogP contribution in [0.25, 0.3) is 0 Å². The number of hydrogen-bond acceptors (Lipinski definition) is 4. The molecule has 0 bridgehead atoms. The molecule has 3 fully saturated rings. The van der Waals surface area contributed by atoms with Gasteiger partial charge in [0.15, 0.2) is 0 Å². The van der Waals surface area contributed by atoms with Crippen molar-refractivity contribution in [2.45, 2.75) is 56.7 Å².